The van der Waals surface area contributed by atoms with Crippen molar-refractivity contribution in [1.82, 2.24) is 10.2 Å². The molecular weight excluding hydrogens is 357 g/mol. The molecule has 1 aromatic carbocycles. The van der Waals surface area contributed by atoms with Crippen LogP contribution < -0.4 is 10.6 Å². The molecule has 0 bridgehead atoms. The van der Waals surface area contributed by atoms with Crippen LogP contribution in [0.5, 0.6) is 0 Å². The van der Waals surface area contributed by atoms with Gasteiger partial charge in [0.2, 0.25) is 5.91 Å². The number of rotatable bonds is 6. The van der Waals surface area contributed by atoms with Crippen molar-refractivity contribution in [3.05, 3.63) is 29.3 Å². The van der Waals surface area contributed by atoms with E-state index in [1.807, 2.05) is 20.2 Å². The van der Waals surface area contributed by atoms with Gasteiger partial charge in [-0.1, -0.05) is 24.6 Å². The van der Waals surface area contributed by atoms with Gasteiger partial charge in [0, 0.05) is 18.7 Å². The van der Waals surface area contributed by atoms with Crippen LogP contribution in [0, 0.1) is 18.8 Å². The molecule has 144 valence electrons. The molecule has 4 nitrogen and oxygen atoms in total. The Balaban J connectivity index is 0.00000288. The summed E-state index contributed by atoms with van der Waals surface area (Å²) < 4.78 is 0. The molecule has 0 aromatic heterocycles. The fourth-order valence-electron chi connectivity index (χ4n) is 3.34. The van der Waals surface area contributed by atoms with Gasteiger partial charge in [0.25, 0.3) is 0 Å². The highest BCUT2D eigenvalue weighted by molar-refractivity contribution is 5.91. The average Bonchev–Trinajstić information content (AvgIpc) is 2.50. The van der Waals surface area contributed by atoms with Crippen molar-refractivity contribution in [3.8, 4) is 0 Å². The van der Waals surface area contributed by atoms with E-state index in [1.54, 1.807) is 0 Å². The SMILES string of the molecule is Cc1ccc(NC(=O)CC(C)C2CCCNC2)c(CN(C)C)c1.Cl.Cl. The zero-order valence-electron chi connectivity index (χ0n) is 15.8. The molecule has 1 aliphatic rings. The summed E-state index contributed by atoms with van der Waals surface area (Å²) in [4.78, 5) is 14.6. The van der Waals surface area contributed by atoms with Gasteiger partial charge in [-0.15, -0.1) is 24.8 Å². The minimum Gasteiger partial charge on any atom is -0.326 e. The zero-order chi connectivity index (χ0) is 16.8. The second kappa shape index (κ2) is 11.7. The topological polar surface area (TPSA) is 44.4 Å². The smallest absolute Gasteiger partial charge is 0.224 e. The van der Waals surface area contributed by atoms with Crippen LogP contribution >= 0.6 is 24.8 Å². The second-order valence-electron chi connectivity index (χ2n) is 7.23. The Morgan fingerprint density at radius 3 is 2.68 bits per heavy atom. The van der Waals surface area contributed by atoms with Crippen LogP contribution in [0.4, 0.5) is 5.69 Å². The van der Waals surface area contributed by atoms with Crippen molar-refractivity contribution in [3.63, 3.8) is 0 Å². The van der Waals surface area contributed by atoms with Crippen LogP contribution in [0.2, 0.25) is 0 Å². The minimum absolute atomic E-state index is 0. The molecule has 1 aromatic rings. The molecule has 25 heavy (non-hydrogen) atoms. The number of anilines is 1. The Bertz CT molecular complexity index is 531. The van der Waals surface area contributed by atoms with Crippen molar-refractivity contribution < 1.29 is 4.79 Å². The molecule has 2 unspecified atom stereocenters. The summed E-state index contributed by atoms with van der Waals surface area (Å²) in [6, 6.07) is 6.24. The molecule has 0 spiro atoms. The van der Waals surface area contributed by atoms with E-state index in [9.17, 15) is 4.79 Å². The van der Waals surface area contributed by atoms with E-state index in [2.05, 4.69) is 41.5 Å². The normalized spacial score (nSPS) is 18.0. The lowest BCUT2D eigenvalue weighted by Crippen LogP contribution is -2.34. The maximum absolute atomic E-state index is 12.4. The molecule has 2 atom stereocenters. The van der Waals surface area contributed by atoms with Gasteiger partial charge in [0.1, 0.15) is 0 Å². The van der Waals surface area contributed by atoms with Crippen LogP contribution in [0.1, 0.15) is 37.3 Å². The van der Waals surface area contributed by atoms with Crippen LogP contribution in [-0.4, -0.2) is 38.0 Å². The number of halogens is 2. The third kappa shape index (κ3) is 7.95. The van der Waals surface area contributed by atoms with Gasteiger partial charge in [-0.3, -0.25) is 4.79 Å². The summed E-state index contributed by atoms with van der Waals surface area (Å²) >= 11 is 0. The van der Waals surface area contributed by atoms with Gasteiger partial charge >= 0.3 is 0 Å². The molecule has 0 aliphatic carbocycles. The van der Waals surface area contributed by atoms with Gasteiger partial charge in [0.15, 0.2) is 0 Å². The fraction of sp³-hybridized carbons (Fsp3) is 0.632. The second-order valence-corrected chi connectivity index (χ2v) is 7.23. The predicted octanol–water partition coefficient (Wildman–Crippen LogP) is 3.86. The molecule has 1 aliphatic heterocycles. The largest absolute Gasteiger partial charge is 0.326 e. The summed E-state index contributed by atoms with van der Waals surface area (Å²) in [5.41, 5.74) is 3.35. The Hall–Kier alpha value is -0.810. The highest BCUT2D eigenvalue weighted by Crippen LogP contribution is 2.24. The highest BCUT2D eigenvalue weighted by Gasteiger charge is 2.22. The Morgan fingerprint density at radius 2 is 2.08 bits per heavy atom. The summed E-state index contributed by atoms with van der Waals surface area (Å²) in [6.07, 6.45) is 3.06. The van der Waals surface area contributed by atoms with E-state index in [1.165, 1.54) is 24.0 Å². The first-order valence-electron chi connectivity index (χ1n) is 8.70. The number of nitrogens with zero attached hydrogens (tertiary/aromatic N) is 1. The zero-order valence-corrected chi connectivity index (χ0v) is 17.4. The van der Waals surface area contributed by atoms with E-state index in [0.29, 0.717) is 18.3 Å². The molecule has 2 N–H and O–H groups in total. The Kier molecular flexibility index (Phi) is 11.4. The molecule has 1 fully saturated rings. The van der Waals surface area contributed by atoms with Gasteiger partial charge < -0.3 is 15.5 Å². The van der Waals surface area contributed by atoms with Gasteiger partial charge in [-0.2, -0.15) is 0 Å². The number of nitrogens with one attached hydrogen (secondary N) is 2. The molecule has 6 heteroatoms. The van der Waals surface area contributed by atoms with Crippen molar-refractivity contribution in [2.75, 3.05) is 32.5 Å². The van der Waals surface area contributed by atoms with Gasteiger partial charge in [0.05, 0.1) is 0 Å². The maximum Gasteiger partial charge on any atom is 0.224 e. The lowest BCUT2D eigenvalue weighted by molar-refractivity contribution is -0.117. The fourth-order valence-corrected chi connectivity index (χ4v) is 3.34. The van der Waals surface area contributed by atoms with Gasteiger partial charge in [-0.05, 0) is 70.4 Å². The van der Waals surface area contributed by atoms with E-state index >= 15 is 0 Å². The molecule has 1 amide bonds. The van der Waals surface area contributed by atoms with Crippen LogP contribution in [0.25, 0.3) is 0 Å². The van der Waals surface area contributed by atoms with E-state index < -0.39 is 0 Å². The molecule has 0 saturated carbocycles. The predicted molar refractivity (Wildman–Crippen MR) is 111 cm³/mol. The summed E-state index contributed by atoms with van der Waals surface area (Å²) in [5, 5.41) is 6.57. The number of carbonyl (C=O) groups is 1. The lowest BCUT2D eigenvalue weighted by Gasteiger charge is -2.28. The average molecular weight is 390 g/mol. The molecule has 0 radical (unpaired) electrons. The number of hydrogen-bond donors (Lipinski definition) is 2. The minimum atomic E-state index is 0. The molecule has 1 heterocycles. The maximum atomic E-state index is 12.4. The molecular formula is C19H33Cl2N3O. The first-order chi connectivity index (χ1) is 11.0. The third-order valence-corrected chi connectivity index (χ3v) is 4.67. The lowest BCUT2D eigenvalue weighted by atomic mass is 9.85. The number of amides is 1. The Labute approximate surface area is 164 Å². The third-order valence-electron chi connectivity index (χ3n) is 4.67. The molecule has 1 saturated heterocycles. The number of piperidine rings is 1. The summed E-state index contributed by atoms with van der Waals surface area (Å²) in [7, 11) is 4.10. The summed E-state index contributed by atoms with van der Waals surface area (Å²) in [6.45, 7) is 7.28. The standard InChI is InChI=1S/C19H31N3O.2ClH/c1-14-7-8-18(17(10-14)13-22(3)4)21-19(23)11-15(2)16-6-5-9-20-12-16;;/h7-8,10,15-16,20H,5-6,9,11-13H2,1-4H3,(H,21,23);2*1H. The van der Waals surface area contributed by atoms with Crippen LogP contribution in [-0.2, 0) is 11.3 Å². The number of hydrogen-bond acceptors (Lipinski definition) is 3. The van der Waals surface area contributed by atoms with Crippen molar-refractivity contribution in [1.29, 1.82) is 0 Å². The van der Waals surface area contributed by atoms with Crippen molar-refractivity contribution in [2.45, 2.75) is 39.7 Å². The monoisotopic (exact) mass is 389 g/mol. The first-order valence-corrected chi connectivity index (χ1v) is 8.70. The summed E-state index contributed by atoms with van der Waals surface area (Å²) in [5.74, 6) is 1.17. The van der Waals surface area contributed by atoms with Crippen molar-refractivity contribution in [2.24, 2.45) is 11.8 Å². The van der Waals surface area contributed by atoms with Crippen LogP contribution in [0.3, 0.4) is 0 Å². The number of carbonyl (C=O) groups excluding carboxylic acids is 1. The first kappa shape index (κ1) is 24.2. The molecule has 2 rings (SSSR count). The van der Waals surface area contributed by atoms with E-state index in [0.717, 1.165) is 25.3 Å². The number of aryl methyl sites for hydroxylation is 1. The quantitative estimate of drug-likeness (QED) is 0.775. The van der Waals surface area contributed by atoms with Gasteiger partial charge in [-0.25, -0.2) is 0 Å². The Morgan fingerprint density at radius 1 is 1.36 bits per heavy atom. The van der Waals surface area contributed by atoms with Crippen LogP contribution in [0.15, 0.2) is 18.2 Å². The highest BCUT2D eigenvalue weighted by atomic mass is 35.5. The van der Waals surface area contributed by atoms with Crippen molar-refractivity contribution >= 4 is 36.4 Å². The number of benzene rings is 1. The van der Waals surface area contributed by atoms with E-state index in [-0.39, 0.29) is 30.7 Å². The van der Waals surface area contributed by atoms with E-state index in [4.69, 9.17) is 0 Å².